The molecule has 2 rings (SSSR count). The highest BCUT2D eigenvalue weighted by Crippen LogP contribution is 2.31. The van der Waals surface area contributed by atoms with Crippen molar-refractivity contribution in [2.75, 3.05) is 26.2 Å². The number of carbonyl (C=O) groups is 1. The fourth-order valence-corrected chi connectivity index (χ4v) is 2.27. The molecule has 1 aliphatic heterocycles. The average molecular weight is 292 g/mol. The van der Waals surface area contributed by atoms with Crippen molar-refractivity contribution < 1.29 is 14.3 Å². The first-order chi connectivity index (χ1) is 9.97. The lowest BCUT2D eigenvalue weighted by atomic mass is 9.91. The van der Waals surface area contributed by atoms with E-state index in [0.717, 1.165) is 11.5 Å². The van der Waals surface area contributed by atoms with Crippen LogP contribution >= 0.6 is 0 Å². The number of benzene rings is 1. The van der Waals surface area contributed by atoms with Crippen LogP contribution in [0.1, 0.15) is 20.8 Å². The minimum atomic E-state index is -0.552. The first-order valence-corrected chi connectivity index (χ1v) is 7.36. The molecule has 1 atom stereocenters. The number of para-hydroxylation sites is 2. The number of ether oxygens (including phenoxy) is 2. The average Bonchev–Trinajstić information content (AvgIpc) is 2.51. The van der Waals surface area contributed by atoms with Gasteiger partial charge in [-0.25, -0.2) is 0 Å². The normalized spacial score (nSPS) is 17.4. The Kier molecular flexibility index (Phi) is 4.73. The number of hydrogen-bond acceptors (Lipinski definition) is 4. The van der Waals surface area contributed by atoms with Gasteiger partial charge in [0.15, 0.2) is 17.6 Å². The molecule has 0 fully saturated rings. The number of amides is 1. The van der Waals surface area contributed by atoms with Gasteiger partial charge in [-0.2, -0.15) is 0 Å². The molecule has 116 valence electrons. The zero-order valence-electron chi connectivity index (χ0n) is 13.0. The molecule has 1 amide bonds. The molecule has 1 heterocycles. The third-order valence-electron chi connectivity index (χ3n) is 3.75. The third kappa shape index (κ3) is 3.47. The van der Waals surface area contributed by atoms with Crippen molar-refractivity contribution in [1.82, 2.24) is 4.90 Å². The second-order valence-corrected chi connectivity index (χ2v) is 5.93. The largest absolute Gasteiger partial charge is 0.486 e. The van der Waals surface area contributed by atoms with Gasteiger partial charge in [0, 0.05) is 13.1 Å². The molecular formula is C16H24N2O3. The van der Waals surface area contributed by atoms with Gasteiger partial charge in [-0.05, 0) is 32.9 Å². The van der Waals surface area contributed by atoms with Crippen LogP contribution in [-0.4, -0.2) is 43.2 Å². The summed E-state index contributed by atoms with van der Waals surface area (Å²) in [5.74, 6) is 1.54. The van der Waals surface area contributed by atoms with E-state index in [1.54, 1.807) is 4.90 Å². The summed E-state index contributed by atoms with van der Waals surface area (Å²) in [6.07, 6.45) is -0.155. The van der Waals surface area contributed by atoms with E-state index in [1.165, 1.54) is 0 Å². The molecule has 0 aliphatic carbocycles. The molecule has 1 aromatic carbocycles. The van der Waals surface area contributed by atoms with Gasteiger partial charge in [0.2, 0.25) is 5.91 Å². The molecule has 2 N–H and O–H groups in total. The number of nitrogens with zero attached hydrogens (tertiary/aromatic N) is 1. The standard InChI is InChI=1S/C16H24N2O3/c1-4-18(15(19)16(2,3)11-17)9-12-10-20-13-7-5-6-8-14(13)21-12/h5-8,12H,4,9-11,17H2,1-3H3. The van der Waals surface area contributed by atoms with Crippen LogP contribution in [-0.2, 0) is 4.79 Å². The minimum absolute atomic E-state index is 0.0509. The monoisotopic (exact) mass is 292 g/mol. The Morgan fingerprint density at radius 3 is 2.67 bits per heavy atom. The van der Waals surface area contributed by atoms with Gasteiger partial charge in [-0.15, -0.1) is 0 Å². The van der Waals surface area contributed by atoms with Crippen molar-refractivity contribution in [1.29, 1.82) is 0 Å². The maximum absolute atomic E-state index is 12.5. The van der Waals surface area contributed by atoms with Crippen LogP contribution in [0.5, 0.6) is 11.5 Å². The van der Waals surface area contributed by atoms with Crippen molar-refractivity contribution in [3.8, 4) is 11.5 Å². The van der Waals surface area contributed by atoms with Crippen LogP contribution < -0.4 is 15.2 Å². The van der Waals surface area contributed by atoms with E-state index < -0.39 is 5.41 Å². The highest BCUT2D eigenvalue weighted by molar-refractivity contribution is 5.82. The lowest BCUT2D eigenvalue weighted by molar-refractivity contribution is -0.141. The Morgan fingerprint density at radius 2 is 2.05 bits per heavy atom. The number of carbonyl (C=O) groups excluding carboxylic acids is 1. The van der Waals surface area contributed by atoms with Gasteiger partial charge in [-0.3, -0.25) is 4.79 Å². The second kappa shape index (κ2) is 6.35. The molecule has 5 nitrogen and oxygen atoms in total. The van der Waals surface area contributed by atoms with Crippen LogP contribution in [0.3, 0.4) is 0 Å². The second-order valence-electron chi connectivity index (χ2n) is 5.93. The van der Waals surface area contributed by atoms with Crippen molar-refractivity contribution in [2.45, 2.75) is 26.9 Å². The molecule has 0 saturated heterocycles. The highest BCUT2D eigenvalue weighted by Gasteiger charge is 2.32. The molecule has 1 aliphatic rings. The van der Waals surface area contributed by atoms with E-state index in [-0.39, 0.29) is 12.0 Å². The molecule has 0 bridgehead atoms. The van der Waals surface area contributed by atoms with Gasteiger partial charge < -0.3 is 20.1 Å². The van der Waals surface area contributed by atoms with E-state index in [4.69, 9.17) is 15.2 Å². The van der Waals surface area contributed by atoms with Gasteiger partial charge in [-0.1, -0.05) is 12.1 Å². The molecular weight excluding hydrogens is 268 g/mol. The summed E-state index contributed by atoms with van der Waals surface area (Å²) in [6.45, 7) is 7.60. The summed E-state index contributed by atoms with van der Waals surface area (Å²) in [4.78, 5) is 14.3. The predicted octanol–water partition coefficient (Wildman–Crippen LogP) is 1.66. The Bertz CT molecular complexity index is 502. The molecule has 1 aromatic rings. The fourth-order valence-electron chi connectivity index (χ4n) is 2.27. The molecule has 0 aromatic heterocycles. The van der Waals surface area contributed by atoms with E-state index in [2.05, 4.69) is 0 Å². The van der Waals surface area contributed by atoms with Crippen molar-refractivity contribution in [3.05, 3.63) is 24.3 Å². The summed E-state index contributed by atoms with van der Waals surface area (Å²) in [5.41, 5.74) is 5.14. The summed E-state index contributed by atoms with van der Waals surface area (Å²) >= 11 is 0. The first-order valence-electron chi connectivity index (χ1n) is 7.36. The van der Waals surface area contributed by atoms with Crippen LogP contribution in [0, 0.1) is 5.41 Å². The number of fused-ring (bicyclic) bond motifs is 1. The van der Waals surface area contributed by atoms with Gasteiger partial charge in [0.25, 0.3) is 0 Å². The lowest BCUT2D eigenvalue weighted by Crippen LogP contribution is -2.49. The minimum Gasteiger partial charge on any atom is -0.486 e. The molecule has 5 heteroatoms. The maximum Gasteiger partial charge on any atom is 0.229 e. The predicted molar refractivity (Wildman–Crippen MR) is 81.4 cm³/mol. The third-order valence-corrected chi connectivity index (χ3v) is 3.75. The van der Waals surface area contributed by atoms with Gasteiger partial charge >= 0.3 is 0 Å². The van der Waals surface area contributed by atoms with Crippen LogP contribution in [0.15, 0.2) is 24.3 Å². The molecule has 1 unspecified atom stereocenters. The first kappa shape index (κ1) is 15.6. The SMILES string of the molecule is CCN(CC1COc2ccccc2O1)C(=O)C(C)(C)CN. The van der Waals surface area contributed by atoms with E-state index in [1.807, 2.05) is 45.0 Å². The van der Waals surface area contributed by atoms with Crippen molar-refractivity contribution >= 4 is 5.91 Å². The maximum atomic E-state index is 12.5. The van der Waals surface area contributed by atoms with Crippen LogP contribution in [0.4, 0.5) is 0 Å². The summed E-state index contributed by atoms with van der Waals surface area (Å²) in [6, 6.07) is 7.58. The topological polar surface area (TPSA) is 64.8 Å². The van der Waals surface area contributed by atoms with Gasteiger partial charge in [0.05, 0.1) is 12.0 Å². The Morgan fingerprint density at radius 1 is 1.38 bits per heavy atom. The Hall–Kier alpha value is -1.75. The van der Waals surface area contributed by atoms with E-state index >= 15 is 0 Å². The smallest absolute Gasteiger partial charge is 0.229 e. The van der Waals surface area contributed by atoms with Crippen molar-refractivity contribution in [2.24, 2.45) is 11.1 Å². The number of nitrogens with two attached hydrogens (primary N) is 1. The van der Waals surface area contributed by atoms with E-state index in [9.17, 15) is 4.79 Å². The number of rotatable bonds is 5. The quantitative estimate of drug-likeness (QED) is 0.896. The van der Waals surface area contributed by atoms with Gasteiger partial charge in [0.1, 0.15) is 6.61 Å². The van der Waals surface area contributed by atoms with Crippen LogP contribution in [0.25, 0.3) is 0 Å². The zero-order valence-corrected chi connectivity index (χ0v) is 13.0. The molecule has 0 radical (unpaired) electrons. The number of hydrogen-bond donors (Lipinski definition) is 1. The summed E-state index contributed by atoms with van der Waals surface area (Å²) in [7, 11) is 0. The van der Waals surface area contributed by atoms with E-state index in [0.29, 0.717) is 26.2 Å². The Balaban J connectivity index is 2.02. The lowest BCUT2D eigenvalue weighted by Gasteiger charge is -2.34. The summed E-state index contributed by atoms with van der Waals surface area (Å²) < 4.78 is 11.6. The Labute approximate surface area is 126 Å². The fraction of sp³-hybridized carbons (Fsp3) is 0.562. The van der Waals surface area contributed by atoms with Crippen molar-refractivity contribution in [3.63, 3.8) is 0 Å². The molecule has 0 saturated carbocycles. The van der Waals surface area contributed by atoms with Crippen LogP contribution in [0.2, 0.25) is 0 Å². The molecule has 21 heavy (non-hydrogen) atoms. The number of likely N-dealkylation sites (N-methyl/N-ethyl adjacent to an activating group) is 1. The zero-order chi connectivity index (χ0) is 15.5. The highest BCUT2D eigenvalue weighted by atomic mass is 16.6. The summed E-state index contributed by atoms with van der Waals surface area (Å²) in [5, 5.41) is 0. The molecule has 0 spiro atoms.